The number of hydrogen-bond donors (Lipinski definition) is 2. The Kier molecular flexibility index (Phi) is 3.56. The van der Waals surface area contributed by atoms with Crippen LogP contribution >= 0.6 is 0 Å². The number of aromatic nitrogens is 1. The summed E-state index contributed by atoms with van der Waals surface area (Å²) < 4.78 is 7.93. The molecule has 0 saturated heterocycles. The first-order chi connectivity index (χ1) is 11.6. The zero-order valence-electron chi connectivity index (χ0n) is 14.5. The van der Waals surface area contributed by atoms with Crippen LogP contribution in [0.4, 0.5) is 0 Å². The van der Waals surface area contributed by atoms with Crippen LogP contribution in [0.1, 0.15) is 67.9 Å². The van der Waals surface area contributed by atoms with Crippen molar-refractivity contribution >= 4 is 5.91 Å². The van der Waals surface area contributed by atoms with Crippen LogP contribution in [0.25, 0.3) is 0 Å². The number of carbonyl (C=O) groups excluding carboxylic acids is 1. The van der Waals surface area contributed by atoms with E-state index >= 15 is 0 Å². The molecular formula is C18H25N3O2. The first kappa shape index (κ1) is 13.9. The van der Waals surface area contributed by atoms with Gasteiger partial charge in [-0.1, -0.05) is 19.3 Å². The average Bonchev–Trinajstić information content (AvgIpc) is 2.58. The van der Waals surface area contributed by atoms with Crippen molar-refractivity contribution in [3.63, 3.8) is 0 Å². The fourth-order valence-electron chi connectivity index (χ4n) is 4.77. The highest BCUT2D eigenvalue weighted by atomic mass is 16.5. The standard InChI is InChI=1S/C18H25N3O2/c22-17(20-23)14-8-13-4-7-21(12-16(13)19-11-14)15-9-18(10-15)5-2-1-3-6-18/h8,11,15,23H,1-7,9-10,12H2,(H,20,22)/i11D. The lowest BCUT2D eigenvalue weighted by molar-refractivity contribution is -0.0313. The first-order valence-electron chi connectivity index (χ1n) is 9.28. The molecule has 3 aliphatic rings. The van der Waals surface area contributed by atoms with Crippen molar-refractivity contribution in [1.29, 1.82) is 0 Å². The molecule has 1 amide bonds. The summed E-state index contributed by atoms with van der Waals surface area (Å²) in [6.07, 6.45) is 10.5. The molecule has 1 aromatic heterocycles. The molecule has 0 bridgehead atoms. The fraction of sp³-hybridized carbons (Fsp3) is 0.667. The third-order valence-corrected chi connectivity index (χ3v) is 6.14. The van der Waals surface area contributed by atoms with Gasteiger partial charge in [-0.2, -0.15) is 0 Å². The number of fused-ring (bicyclic) bond motifs is 1. The van der Waals surface area contributed by atoms with Gasteiger partial charge in [0.15, 0.2) is 0 Å². The fourth-order valence-corrected chi connectivity index (χ4v) is 4.77. The Hall–Kier alpha value is -1.46. The van der Waals surface area contributed by atoms with Crippen LogP contribution < -0.4 is 5.48 Å². The molecule has 5 nitrogen and oxygen atoms in total. The zero-order chi connectivity index (χ0) is 16.7. The molecule has 2 aliphatic carbocycles. The van der Waals surface area contributed by atoms with E-state index in [0.717, 1.165) is 30.8 Å². The summed E-state index contributed by atoms with van der Waals surface area (Å²) >= 11 is 0. The molecule has 5 heteroatoms. The number of rotatable bonds is 2. The van der Waals surface area contributed by atoms with Crippen molar-refractivity contribution in [3.8, 4) is 0 Å². The number of pyridine rings is 1. The van der Waals surface area contributed by atoms with Gasteiger partial charge in [-0.15, -0.1) is 0 Å². The van der Waals surface area contributed by atoms with Gasteiger partial charge < -0.3 is 0 Å². The molecule has 2 heterocycles. The molecule has 23 heavy (non-hydrogen) atoms. The highest BCUT2D eigenvalue weighted by molar-refractivity contribution is 5.93. The van der Waals surface area contributed by atoms with Gasteiger partial charge in [0.2, 0.25) is 0 Å². The number of hydrogen-bond acceptors (Lipinski definition) is 4. The van der Waals surface area contributed by atoms with Gasteiger partial charge in [0.25, 0.3) is 5.91 Å². The van der Waals surface area contributed by atoms with Crippen LogP contribution in [0.2, 0.25) is 0 Å². The number of carbonyl (C=O) groups is 1. The monoisotopic (exact) mass is 316 g/mol. The third-order valence-electron chi connectivity index (χ3n) is 6.14. The Morgan fingerprint density at radius 1 is 1.39 bits per heavy atom. The summed E-state index contributed by atoms with van der Waals surface area (Å²) in [7, 11) is 0. The van der Waals surface area contributed by atoms with Gasteiger partial charge in [0, 0.05) is 25.3 Å². The molecule has 0 atom stereocenters. The highest BCUT2D eigenvalue weighted by Crippen LogP contribution is 2.53. The minimum atomic E-state index is -0.657. The van der Waals surface area contributed by atoms with Gasteiger partial charge in [-0.3, -0.25) is 19.9 Å². The smallest absolute Gasteiger partial charge is 0.276 e. The van der Waals surface area contributed by atoms with Crippen LogP contribution in [0.5, 0.6) is 0 Å². The summed E-state index contributed by atoms with van der Waals surface area (Å²) in [6.45, 7) is 1.77. The molecule has 4 rings (SSSR count). The van der Waals surface area contributed by atoms with Gasteiger partial charge in [0.05, 0.1) is 12.6 Å². The summed E-state index contributed by atoms with van der Waals surface area (Å²) in [5, 5.41) is 8.77. The number of amides is 1. The zero-order valence-corrected chi connectivity index (χ0v) is 13.5. The quantitative estimate of drug-likeness (QED) is 0.650. The normalized spacial score (nSPS) is 24.7. The lowest BCUT2D eigenvalue weighted by atomic mass is 9.58. The van der Waals surface area contributed by atoms with E-state index in [4.69, 9.17) is 6.58 Å². The van der Waals surface area contributed by atoms with Crippen LogP contribution in [0.15, 0.2) is 12.2 Å². The largest absolute Gasteiger partial charge is 0.294 e. The van der Waals surface area contributed by atoms with E-state index in [2.05, 4.69) is 9.88 Å². The van der Waals surface area contributed by atoms with E-state index in [9.17, 15) is 4.79 Å². The van der Waals surface area contributed by atoms with E-state index in [1.165, 1.54) is 44.9 Å². The minimum Gasteiger partial charge on any atom is -0.294 e. The molecule has 0 aromatic carbocycles. The molecule has 0 radical (unpaired) electrons. The Labute approximate surface area is 138 Å². The van der Waals surface area contributed by atoms with E-state index < -0.39 is 5.91 Å². The van der Waals surface area contributed by atoms with E-state index in [0.29, 0.717) is 11.5 Å². The lowest BCUT2D eigenvalue weighted by Gasteiger charge is -2.54. The Bertz CT molecular complexity index is 650. The number of nitrogens with zero attached hydrogens (tertiary/aromatic N) is 2. The summed E-state index contributed by atoms with van der Waals surface area (Å²) in [4.78, 5) is 18.4. The predicted octanol–water partition coefficient (Wildman–Crippen LogP) is 2.67. The van der Waals surface area contributed by atoms with Crippen molar-refractivity contribution in [2.75, 3.05) is 6.54 Å². The summed E-state index contributed by atoms with van der Waals surface area (Å²) in [5.74, 6) is -0.657. The Morgan fingerprint density at radius 3 is 2.91 bits per heavy atom. The number of nitrogens with one attached hydrogen (secondary N) is 1. The van der Waals surface area contributed by atoms with E-state index in [1.807, 2.05) is 0 Å². The second kappa shape index (κ2) is 5.87. The van der Waals surface area contributed by atoms with E-state index in [-0.39, 0.29) is 11.7 Å². The Morgan fingerprint density at radius 2 is 2.17 bits per heavy atom. The van der Waals surface area contributed by atoms with E-state index in [1.54, 1.807) is 11.5 Å². The lowest BCUT2D eigenvalue weighted by Crippen LogP contribution is -2.52. The second-order valence-electron chi connectivity index (χ2n) is 7.54. The molecule has 1 aromatic rings. The van der Waals surface area contributed by atoms with Gasteiger partial charge in [-0.05, 0) is 49.1 Å². The molecule has 2 N–H and O–H groups in total. The molecule has 1 spiro atoms. The van der Waals surface area contributed by atoms with Crippen molar-refractivity contribution < 1.29 is 11.4 Å². The second-order valence-corrected chi connectivity index (χ2v) is 7.54. The van der Waals surface area contributed by atoms with Crippen LogP contribution in [-0.4, -0.2) is 33.6 Å². The van der Waals surface area contributed by atoms with Crippen LogP contribution in [0.3, 0.4) is 0 Å². The molecule has 2 saturated carbocycles. The van der Waals surface area contributed by atoms with Crippen molar-refractivity contribution in [2.45, 2.75) is 64.0 Å². The highest BCUT2D eigenvalue weighted by Gasteiger charge is 2.46. The average molecular weight is 316 g/mol. The van der Waals surface area contributed by atoms with Crippen molar-refractivity contribution in [3.05, 3.63) is 29.1 Å². The summed E-state index contributed by atoms with van der Waals surface area (Å²) in [6, 6.07) is 2.38. The maximum absolute atomic E-state index is 11.6. The minimum absolute atomic E-state index is 0.0560. The molecule has 2 fully saturated rings. The van der Waals surface area contributed by atoms with Crippen molar-refractivity contribution in [1.82, 2.24) is 15.4 Å². The third kappa shape index (κ3) is 2.76. The predicted molar refractivity (Wildman–Crippen MR) is 86.1 cm³/mol. The SMILES string of the molecule is [2H]c1nc2c(cc1C(=O)NO)CCN(C1CC3(CCCCC3)C1)C2. The number of hydroxylamine groups is 1. The Balaban J connectivity index is 1.45. The molecule has 124 valence electrons. The van der Waals surface area contributed by atoms with Gasteiger partial charge in [0.1, 0.15) is 0 Å². The van der Waals surface area contributed by atoms with Crippen LogP contribution in [-0.2, 0) is 13.0 Å². The van der Waals surface area contributed by atoms with Crippen molar-refractivity contribution in [2.24, 2.45) is 5.41 Å². The molecule has 1 aliphatic heterocycles. The topological polar surface area (TPSA) is 65.5 Å². The maximum Gasteiger partial charge on any atom is 0.276 e. The maximum atomic E-state index is 11.6. The molecular weight excluding hydrogens is 290 g/mol. The summed E-state index contributed by atoms with van der Waals surface area (Å²) in [5.41, 5.74) is 4.33. The first-order valence-corrected chi connectivity index (χ1v) is 8.78. The van der Waals surface area contributed by atoms with Gasteiger partial charge in [-0.25, -0.2) is 5.48 Å². The van der Waals surface area contributed by atoms with Gasteiger partial charge >= 0.3 is 0 Å². The molecule has 0 unspecified atom stereocenters. The van der Waals surface area contributed by atoms with Crippen LogP contribution in [0, 0.1) is 5.41 Å².